The highest BCUT2D eigenvalue weighted by molar-refractivity contribution is 6.10. The quantitative estimate of drug-likeness (QED) is 0.412. The van der Waals surface area contributed by atoms with Crippen LogP contribution in [-0.2, 0) is 12.8 Å². The Kier molecular flexibility index (Phi) is 6.77. The SMILES string of the molecule is COc1ccc2c(c1)C(=CC(=O)c1cccc(C(=O)NCCc3ccccn3)c1)NC(C)(C)C2. The van der Waals surface area contributed by atoms with E-state index in [-0.39, 0.29) is 17.2 Å². The van der Waals surface area contributed by atoms with Gasteiger partial charge in [-0.05, 0) is 62.2 Å². The largest absolute Gasteiger partial charge is 0.497 e. The number of methoxy groups -OCH3 is 1. The van der Waals surface area contributed by atoms with Gasteiger partial charge in [0.05, 0.1) is 7.11 Å². The van der Waals surface area contributed by atoms with Crippen LogP contribution in [0.25, 0.3) is 5.70 Å². The van der Waals surface area contributed by atoms with E-state index in [0.29, 0.717) is 24.1 Å². The summed E-state index contributed by atoms with van der Waals surface area (Å²) in [5.41, 5.74) is 4.49. The van der Waals surface area contributed by atoms with Crippen molar-refractivity contribution in [3.8, 4) is 5.75 Å². The predicted octanol–water partition coefficient (Wildman–Crippen LogP) is 4.21. The van der Waals surface area contributed by atoms with Gasteiger partial charge in [0.1, 0.15) is 5.75 Å². The number of nitrogens with zero attached hydrogens (tertiary/aromatic N) is 1. The van der Waals surface area contributed by atoms with Crippen molar-refractivity contribution < 1.29 is 14.3 Å². The third kappa shape index (κ3) is 5.52. The molecule has 2 heterocycles. The summed E-state index contributed by atoms with van der Waals surface area (Å²) >= 11 is 0. The molecule has 0 saturated carbocycles. The molecule has 6 heteroatoms. The molecule has 0 atom stereocenters. The Morgan fingerprint density at radius 3 is 2.68 bits per heavy atom. The number of carbonyl (C=O) groups excluding carboxylic acids is 2. The van der Waals surface area contributed by atoms with E-state index < -0.39 is 0 Å². The van der Waals surface area contributed by atoms with E-state index in [9.17, 15) is 9.59 Å². The smallest absolute Gasteiger partial charge is 0.251 e. The lowest BCUT2D eigenvalue weighted by Crippen LogP contribution is -2.43. The first-order valence-electron chi connectivity index (χ1n) is 11.3. The van der Waals surface area contributed by atoms with Crippen LogP contribution in [0.15, 0.2) is 72.9 Å². The molecule has 0 saturated heterocycles. The van der Waals surface area contributed by atoms with Gasteiger partial charge in [-0.1, -0.05) is 24.3 Å². The minimum Gasteiger partial charge on any atom is -0.497 e. The van der Waals surface area contributed by atoms with E-state index in [1.54, 1.807) is 43.6 Å². The number of carbonyl (C=O) groups is 2. The number of hydrogen-bond donors (Lipinski definition) is 2. The molecule has 1 aromatic heterocycles. The van der Waals surface area contributed by atoms with Crippen molar-refractivity contribution in [2.75, 3.05) is 13.7 Å². The second-order valence-corrected chi connectivity index (χ2v) is 9.04. The molecular formula is C28H29N3O3. The Morgan fingerprint density at radius 1 is 1.09 bits per heavy atom. The van der Waals surface area contributed by atoms with E-state index in [4.69, 9.17) is 4.74 Å². The van der Waals surface area contributed by atoms with Gasteiger partial charge < -0.3 is 15.4 Å². The number of hydrogen-bond acceptors (Lipinski definition) is 5. The van der Waals surface area contributed by atoms with Gasteiger partial charge in [-0.15, -0.1) is 0 Å². The Bertz CT molecular complexity index is 1230. The number of pyridine rings is 1. The second kappa shape index (κ2) is 9.91. The first kappa shape index (κ1) is 23.2. The summed E-state index contributed by atoms with van der Waals surface area (Å²) in [6.07, 6.45) is 4.82. The Balaban J connectivity index is 1.51. The second-order valence-electron chi connectivity index (χ2n) is 9.04. The third-order valence-corrected chi connectivity index (χ3v) is 5.79. The van der Waals surface area contributed by atoms with Crippen molar-refractivity contribution in [1.82, 2.24) is 15.6 Å². The molecule has 0 aliphatic carbocycles. The molecule has 1 amide bonds. The summed E-state index contributed by atoms with van der Waals surface area (Å²) in [5.74, 6) is 0.352. The van der Waals surface area contributed by atoms with Gasteiger partial charge in [-0.25, -0.2) is 0 Å². The number of benzene rings is 2. The van der Waals surface area contributed by atoms with E-state index >= 15 is 0 Å². The normalized spacial score (nSPS) is 15.2. The van der Waals surface area contributed by atoms with Crippen molar-refractivity contribution in [1.29, 1.82) is 0 Å². The molecule has 174 valence electrons. The van der Waals surface area contributed by atoms with Crippen LogP contribution in [0.4, 0.5) is 0 Å². The first-order valence-corrected chi connectivity index (χ1v) is 11.3. The highest BCUT2D eigenvalue weighted by Crippen LogP contribution is 2.32. The van der Waals surface area contributed by atoms with E-state index in [2.05, 4.69) is 29.5 Å². The predicted molar refractivity (Wildman–Crippen MR) is 133 cm³/mol. The average molecular weight is 456 g/mol. The maximum atomic E-state index is 13.2. The van der Waals surface area contributed by atoms with E-state index in [0.717, 1.165) is 34.7 Å². The van der Waals surface area contributed by atoms with Crippen LogP contribution in [0.3, 0.4) is 0 Å². The van der Waals surface area contributed by atoms with Crippen LogP contribution in [-0.4, -0.2) is 35.9 Å². The molecule has 0 spiro atoms. The lowest BCUT2D eigenvalue weighted by atomic mass is 9.85. The topological polar surface area (TPSA) is 80.3 Å². The highest BCUT2D eigenvalue weighted by atomic mass is 16.5. The molecule has 2 aromatic carbocycles. The molecule has 1 aliphatic heterocycles. The number of allylic oxidation sites excluding steroid dienone is 1. The Hall–Kier alpha value is -3.93. The Morgan fingerprint density at radius 2 is 1.91 bits per heavy atom. The standard InChI is InChI=1S/C28H29N3O3/c1-28(2)18-21-10-11-23(34-3)16-24(21)25(31-28)17-26(32)19-7-6-8-20(15-19)27(33)30-14-12-22-9-4-5-13-29-22/h4-11,13,15-17,31H,12,14,18H2,1-3H3,(H,30,33). The molecule has 6 nitrogen and oxygen atoms in total. The number of fused-ring (bicyclic) bond motifs is 1. The van der Waals surface area contributed by atoms with E-state index in [1.807, 2.05) is 36.4 Å². The summed E-state index contributed by atoms with van der Waals surface area (Å²) in [4.78, 5) is 30.1. The van der Waals surface area contributed by atoms with Crippen LogP contribution < -0.4 is 15.4 Å². The van der Waals surface area contributed by atoms with E-state index in [1.165, 1.54) is 0 Å². The minimum atomic E-state index is -0.217. The van der Waals surface area contributed by atoms with Crippen LogP contribution >= 0.6 is 0 Å². The summed E-state index contributed by atoms with van der Waals surface area (Å²) < 4.78 is 5.38. The molecule has 2 N–H and O–H groups in total. The molecule has 1 aliphatic rings. The van der Waals surface area contributed by atoms with Crippen molar-refractivity contribution in [3.05, 3.63) is 101 Å². The van der Waals surface area contributed by atoms with Crippen molar-refractivity contribution >= 4 is 17.4 Å². The van der Waals surface area contributed by atoms with Gasteiger partial charge in [0.2, 0.25) is 0 Å². The fraction of sp³-hybridized carbons (Fsp3) is 0.250. The zero-order chi connectivity index (χ0) is 24.1. The van der Waals surface area contributed by atoms with Gasteiger partial charge in [-0.3, -0.25) is 14.6 Å². The summed E-state index contributed by atoms with van der Waals surface area (Å²) in [5, 5.41) is 6.38. The number of rotatable bonds is 7. The Labute approximate surface area is 200 Å². The number of ether oxygens (including phenoxy) is 1. The van der Waals surface area contributed by atoms with Crippen molar-refractivity contribution in [2.45, 2.75) is 32.2 Å². The monoisotopic (exact) mass is 455 g/mol. The van der Waals surface area contributed by atoms with Crippen LogP contribution in [0.5, 0.6) is 5.75 Å². The summed E-state index contributed by atoms with van der Waals surface area (Å²) in [7, 11) is 1.63. The molecule has 0 bridgehead atoms. The number of amides is 1. The minimum absolute atomic E-state index is 0.169. The number of aromatic nitrogens is 1. The summed E-state index contributed by atoms with van der Waals surface area (Å²) in [6, 6.07) is 18.4. The van der Waals surface area contributed by atoms with Gasteiger partial charge >= 0.3 is 0 Å². The van der Waals surface area contributed by atoms with Crippen LogP contribution in [0.2, 0.25) is 0 Å². The van der Waals surface area contributed by atoms with Gasteiger partial charge in [0.25, 0.3) is 5.91 Å². The lowest BCUT2D eigenvalue weighted by molar-refractivity contribution is 0.0954. The van der Waals surface area contributed by atoms with Crippen molar-refractivity contribution in [2.24, 2.45) is 0 Å². The molecule has 0 radical (unpaired) electrons. The molecular weight excluding hydrogens is 426 g/mol. The number of nitrogens with one attached hydrogen (secondary N) is 2. The molecule has 4 rings (SSSR count). The van der Waals surface area contributed by atoms with Gasteiger partial charge in [0, 0.05) is 58.9 Å². The van der Waals surface area contributed by atoms with Crippen LogP contribution in [0, 0.1) is 0 Å². The average Bonchev–Trinajstić information content (AvgIpc) is 2.84. The van der Waals surface area contributed by atoms with Gasteiger partial charge in [-0.2, -0.15) is 0 Å². The zero-order valence-corrected chi connectivity index (χ0v) is 19.7. The fourth-order valence-electron chi connectivity index (χ4n) is 4.13. The molecule has 3 aromatic rings. The first-order chi connectivity index (χ1) is 16.3. The molecule has 34 heavy (non-hydrogen) atoms. The van der Waals surface area contributed by atoms with Crippen molar-refractivity contribution in [3.63, 3.8) is 0 Å². The van der Waals surface area contributed by atoms with Gasteiger partial charge in [0.15, 0.2) is 5.78 Å². The third-order valence-electron chi connectivity index (χ3n) is 5.79. The van der Waals surface area contributed by atoms with Crippen LogP contribution in [0.1, 0.15) is 51.4 Å². The molecule has 0 unspecified atom stereocenters. The lowest BCUT2D eigenvalue weighted by Gasteiger charge is -2.35. The summed E-state index contributed by atoms with van der Waals surface area (Å²) in [6.45, 7) is 4.68. The maximum Gasteiger partial charge on any atom is 0.251 e. The fourth-order valence-corrected chi connectivity index (χ4v) is 4.13. The highest BCUT2D eigenvalue weighted by Gasteiger charge is 2.28. The maximum absolute atomic E-state index is 13.2. The number of ketones is 1. The molecule has 0 fully saturated rings. The zero-order valence-electron chi connectivity index (χ0n) is 19.7.